The summed E-state index contributed by atoms with van der Waals surface area (Å²) in [4.78, 5) is 23.6. The van der Waals surface area contributed by atoms with Gasteiger partial charge in [-0.3, -0.25) is 20.4 Å². The van der Waals surface area contributed by atoms with Gasteiger partial charge in [-0.2, -0.15) is 0 Å². The van der Waals surface area contributed by atoms with E-state index < -0.39 is 0 Å². The molecular formula is C25H42N2O3. The summed E-state index contributed by atoms with van der Waals surface area (Å²) in [6.07, 6.45) is 14.2. The number of carbonyl (C=O) groups excluding carboxylic acids is 2. The molecule has 0 saturated heterocycles. The third-order valence-electron chi connectivity index (χ3n) is 5.27. The Kier molecular flexibility index (Phi) is 14.5. The van der Waals surface area contributed by atoms with Gasteiger partial charge >= 0.3 is 0 Å². The average Bonchev–Trinajstić information content (AvgIpc) is 2.74. The van der Waals surface area contributed by atoms with Crippen molar-refractivity contribution < 1.29 is 14.3 Å². The molecule has 0 spiro atoms. The molecule has 0 atom stereocenters. The molecule has 0 radical (unpaired) electrons. The van der Waals surface area contributed by atoms with Gasteiger partial charge in [0.2, 0.25) is 5.91 Å². The fourth-order valence-electron chi connectivity index (χ4n) is 3.29. The third-order valence-corrected chi connectivity index (χ3v) is 5.27. The first kappa shape index (κ1) is 26.0. The molecule has 1 rings (SSSR count). The quantitative estimate of drug-likeness (QED) is 0.254. The highest BCUT2D eigenvalue weighted by atomic mass is 16.5. The zero-order chi connectivity index (χ0) is 22.0. The molecule has 0 aliphatic rings. The van der Waals surface area contributed by atoms with Gasteiger partial charge in [-0.1, -0.05) is 97.1 Å². The molecule has 2 N–H and O–H groups in total. The van der Waals surface area contributed by atoms with Crippen LogP contribution in [0.3, 0.4) is 0 Å². The molecule has 0 aliphatic heterocycles. The highest BCUT2D eigenvalue weighted by Gasteiger charge is 2.06. The number of hydrogen-bond acceptors (Lipinski definition) is 3. The number of hydrogen-bond donors (Lipinski definition) is 2. The van der Waals surface area contributed by atoms with Gasteiger partial charge in [-0.15, -0.1) is 0 Å². The highest BCUT2D eigenvalue weighted by molar-refractivity contribution is 5.82. The van der Waals surface area contributed by atoms with Crippen molar-refractivity contribution in [2.75, 3.05) is 6.61 Å². The number of carbonyl (C=O) groups is 2. The van der Waals surface area contributed by atoms with Crippen LogP contribution >= 0.6 is 0 Å². The van der Waals surface area contributed by atoms with E-state index in [9.17, 15) is 9.59 Å². The number of unbranched alkanes of at least 4 members (excludes halogenated alkanes) is 10. The second-order valence-corrected chi connectivity index (χ2v) is 8.39. The molecular weight excluding hydrogens is 376 g/mol. The summed E-state index contributed by atoms with van der Waals surface area (Å²) in [7, 11) is 0. The van der Waals surface area contributed by atoms with Gasteiger partial charge in [0.25, 0.3) is 5.91 Å². The van der Waals surface area contributed by atoms with Crippen molar-refractivity contribution in [3.05, 3.63) is 29.8 Å². The number of rotatable bonds is 16. The number of amides is 2. The van der Waals surface area contributed by atoms with E-state index in [1.165, 1.54) is 63.4 Å². The Balaban J connectivity index is 1.97. The maximum Gasteiger partial charge on any atom is 0.276 e. The second kappa shape index (κ2) is 16.7. The monoisotopic (exact) mass is 418 g/mol. The molecule has 0 aromatic heterocycles. The minimum Gasteiger partial charge on any atom is -0.484 e. The highest BCUT2D eigenvalue weighted by Crippen LogP contribution is 2.18. The summed E-state index contributed by atoms with van der Waals surface area (Å²) in [6.45, 7) is 6.38. The Morgan fingerprint density at radius 2 is 1.27 bits per heavy atom. The van der Waals surface area contributed by atoms with E-state index in [2.05, 4.69) is 31.6 Å². The second-order valence-electron chi connectivity index (χ2n) is 8.39. The SMILES string of the molecule is CCCCCCCCCCCCCC(=O)NNC(=O)COc1ccc(C(C)C)cc1. The molecule has 0 fully saturated rings. The summed E-state index contributed by atoms with van der Waals surface area (Å²) < 4.78 is 5.44. The zero-order valence-corrected chi connectivity index (χ0v) is 19.3. The number of hydrazine groups is 1. The minimum absolute atomic E-state index is 0.125. The average molecular weight is 419 g/mol. The minimum atomic E-state index is -0.366. The zero-order valence-electron chi connectivity index (χ0n) is 19.3. The maximum absolute atomic E-state index is 11.8. The molecule has 5 heteroatoms. The number of ether oxygens (including phenoxy) is 1. The van der Waals surface area contributed by atoms with Crippen molar-refractivity contribution in [3.8, 4) is 5.75 Å². The Morgan fingerprint density at radius 3 is 1.80 bits per heavy atom. The van der Waals surface area contributed by atoms with Gasteiger partial charge in [0.15, 0.2) is 6.61 Å². The van der Waals surface area contributed by atoms with Crippen molar-refractivity contribution in [3.63, 3.8) is 0 Å². The van der Waals surface area contributed by atoms with Gasteiger partial charge in [-0.25, -0.2) is 0 Å². The van der Waals surface area contributed by atoms with Crippen LogP contribution in [-0.4, -0.2) is 18.4 Å². The first-order chi connectivity index (χ1) is 14.5. The van der Waals surface area contributed by atoms with Crippen LogP contribution in [0.15, 0.2) is 24.3 Å². The van der Waals surface area contributed by atoms with E-state index >= 15 is 0 Å². The fourth-order valence-corrected chi connectivity index (χ4v) is 3.29. The molecule has 5 nitrogen and oxygen atoms in total. The van der Waals surface area contributed by atoms with Crippen LogP contribution < -0.4 is 15.6 Å². The number of benzene rings is 1. The number of nitrogens with one attached hydrogen (secondary N) is 2. The molecule has 2 amide bonds. The van der Waals surface area contributed by atoms with Crippen LogP contribution in [0.4, 0.5) is 0 Å². The molecule has 0 aliphatic carbocycles. The van der Waals surface area contributed by atoms with E-state index in [1.807, 2.05) is 24.3 Å². The first-order valence-electron chi connectivity index (χ1n) is 11.8. The molecule has 170 valence electrons. The van der Waals surface area contributed by atoms with Gasteiger partial charge in [0, 0.05) is 6.42 Å². The Morgan fingerprint density at radius 1 is 0.767 bits per heavy atom. The summed E-state index contributed by atoms with van der Waals surface area (Å²) in [5.41, 5.74) is 6.09. The third kappa shape index (κ3) is 13.2. The summed E-state index contributed by atoms with van der Waals surface area (Å²) in [6, 6.07) is 7.70. The van der Waals surface area contributed by atoms with E-state index in [1.54, 1.807) is 0 Å². The summed E-state index contributed by atoms with van der Waals surface area (Å²) >= 11 is 0. The van der Waals surface area contributed by atoms with Gasteiger partial charge in [-0.05, 0) is 30.0 Å². The van der Waals surface area contributed by atoms with Crippen molar-refractivity contribution in [2.45, 2.75) is 104 Å². The van der Waals surface area contributed by atoms with Crippen molar-refractivity contribution in [1.82, 2.24) is 10.9 Å². The molecule has 0 bridgehead atoms. The lowest BCUT2D eigenvalue weighted by Crippen LogP contribution is -2.43. The Bertz CT molecular complexity index is 585. The lowest BCUT2D eigenvalue weighted by atomic mass is 10.0. The fraction of sp³-hybridized carbons (Fsp3) is 0.680. The first-order valence-corrected chi connectivity index (χ1v) is 11.8. The normalized spacial score (nSPS) is 10.8. The smallest absolute Gasteiger partial charge is 0.276 e. The van der Waals surface area contributed by atoms with Gasteiger partial charge < -0.3 is 4.74 Å². The van der Waals surface area contributed by atoms with Crippen LogP contribution in [0.25, 0.3) is 0 Å². The van der Waals surface area contributed by atoms with Gasteiger partial charge in [0.05, 0.1) is 0 Å². The van der Waals surface area contributed by atoms with Crippen LogP contribution in [0.1, 0.15) is 109 Å². The van der Waals surface area contributed by atoms with Crippen LogP contribution in [-0.2, 0) is 9.59 Å². The molecule has 30 heavy (non-hydrogen) atoms. The van der Waals surface area contributed by atoms with Crippen molar-refractivity contribution in [1.29, 1.82) is 0 Å². The Labute approximate surface area is 183 Å². The maximum atomic E-state index is 11.8. The molecule has 0 heterocycles. The molecule has 1 aromatic carbocycles. The van der Waals surface area contributed by atoms with Crippen molar-refractivity contribution in [2.24, 2.45) is 0 Å². The molecule has 0 unspecified atom stereocenters. The Hall–Kier alpha value is -2.04. The summed E-state index contributed by atoms with van der Waals surface area (Å²) in [5.74, 6) is 0.579. The van der Waals surface area contributed by atoms with E-state index in [-0.39, 0.29) is 18.4 Å². The van der Waals surface area contributed by atoms with E-state index in [4.69, 9.17) is 4.74 Å². The summed E-state index contributed by atoms with van der Waals surface area (Å²) in [5, 5.41) is 0. The topological polar surface area (TPSA) is 67.4 Å². The standard InChI is InChI=1S/C25H42N2O3/c1-4-5-6-7-8-9-10-11-12-13-14-15-24(28)26-27-25(29)20-30-23-18-16-22(17-19-23)21(2)3/h16-19,21H,4-15,20H2,1-3H3,(H,26,28)(H,27,29). The van der Waals surface area contributed by atoms with Crippen LogP contribution in [0.5, 0.6) is 5.75 Å². The predicted molar refractivity (Wildman–Crippen MR) is 123 cm³/mol. The lowest BCUT2D eigenvalue weighted by Gasteiger charge is -2.10. The van der Waals surface area contributed by atoms with E-state index in [0.29, 0.717) is 18.1 Å². The van der Waals surface area contributed by atoms with Crippen LogP contribution in [0, 0.1) is 0 Å². The van der Waals surface area contributed by atoms with Crippen molar-refractivity contribution >= 4 is 11.8 Å². The largest absolute Gasteiger partial charge is 0.484 e. The molecule has 0 saturated carbocycles. The molecule has 1 aromatic rings. The predicted octanol–water partition coefficient (Wildman–Crippen LogP) is 6.04. The lowest BCUT2D eigenvalue weighted by molar-refractivity contribution is -0.130. The van der Waals surface area contributed by atoms with E-state index in [0.717, 1.165) is 12.8 Å². The van der Waals surface area contributed by atoms with Crippen LogP contribution in [0.2, 0.25) is 0 Å². The van der Waals surface area contributed by atoms with Gasteiger partial charge in [0.1, 0.15) is 5.75 Å².